The lowest BCUT2D eigenvalue weighted by molar-refractivity contribution is 0.0466. The first-order chi connectivity index (χ1) is 15.3. The van der Waals surface area contributed by atoms with E-state index in [-0.39, 0.29) is 23.3 Å². The van der Waals surface area contributed by atoms with E-state index < -0.39 is 12.6 Å². The maximum absolute atomic E-state index is 13.3. The van der Waals surface area contributed by atoms with Gasteiger partial charge in [-0.05, 0) is 57.4 Å². The highest BCUT2D eigenvalue weighted by Crippen LogP contribution is 2.24. The molecule has 32 heavy (non-hydrogen) atoms. The molecule has 2 heterocycles. The van der Waals surface area contributed by atoms with Crippen LogP contribution < -0.4 is 0 Å². The predicted molar refractivity (Wildman–Crippen MR) is 120 cm³/mol. The molecule has 2 aromatic heterocycles. The normalized spacial score (nSPS) is 12.1. The van der Waals surface area contributed by atoms with Gasteiger partial charge in [0.2, 0.25) is 5.78 Å². The summed E-state index contributed by atoms with van der Waals surface area (Å²) in [5.74, 6) is -1.36. The summed E-state index contributed by atoms with van der Waals surface area (Å²) in [5, 5.41) is 0.547. The monoisotopic (exact) mass is 459 g/mol. The SMILES string of the molecule is COCC(C)n1c(C)cc(C(=O)COC(=O)c2cnc(SC)n2-c2ccc(F)cc2)c1C. The van der Waals surface area contributed by atoms with Crippen molar-refractivity contribution in [2.24, 2.45) is 0 Å². The molecule has 0 aliphatic heterocycles. The Morgan fingerprint density at radius 2 is 1.91 bits per heavy atom. The average molecular weight is 460 g/mol. The summed E-state index contributed by atoms with van der Waals surface area (Å²) in [6.07, 6.45) is 3.21. The predicted octanol–water partition coefficient (Wildman–Crippen LogP) is 4.40. The molecule has 0 saturated carbocycles. The highest BCUT2D eigenvalue weighted by molar-refractivity contribution is 7.98. The molecule has 7 nitrogen and oxygen atoms in total. The second-order valence-electron chi connectivity index (χ2n) is 7.40. The minimum absolute atomic E-state index is 0.0686. The van der Waals surface area contributed by atoms with E-state index in [4.69, 9.17) is 9.47 Å². The van der Waals surface area contributed by atoms with Gasteiger partial charge in [-0.2, -0.15) is 0 Å². The van der Waals surface area contributed by atoms with E-state index in [9.17, 15) is 14.0 Å². The van der Waals surface area contributed by atoms with Crippen LogP contribution in [0.2, 0.25) is 0 Å². The number of aromatic nitrogens is 3. The number of rotatable bonds is 9. The van der Waals surface area contributed by atoms with Gasteiger partial charge in [-0.1, -0.05) is 11.8 Å². The Morgan fingerprint density at radius 3 is 2.53 bits per heavy atom. The number of hydrogen-bond donors (Lipinski definition) is 0. The van der Waals surface area contributed by atoms with Crippen LogP contribution in [-0.4, -0.2) is 52.5 Å². The van der Waals surface area contributed by atoms with Crippen molar-refractivity contribution < 1.29 is 23.5 Å². The lowest BCUT2D eigenvalue weighted by Crippen LogP contribution is -2.18. The van der Waals surface area contributed by atoms with Crippen LogP contribution in [-0.2, 0) is 9.47 Å². The average Bonchev–Trinajstić information content (AvgIpc) is 3.33. The lowest BCUT2D eigenvalue weighted by atomic mass is 10.1. The van der Waals surface area contributed by atoms with Crippen LogP contribution in [0.15, 0.2) is 41.7 Å². The fraction of sp³-hybridized carbons (Fsp3) is 0.348. The minimum atomic E-state index is -0.683. The van der Waals surface area contributed by atoms with Crippen LogP contribution in [0.4, 0.5) is 4.39 Å². The lowest BCUT2D eigenvalue weighted by Gasteiger charge is -2.17. The quantitative estimate of drug-likeness (QED) is 0.268. The zero-order valence-corrected chi connectivity index (χ0v) is 19.5. The van der Waals surface area contributed by atoms with Gasteiger partial charge >= 0.3 is 5.97 Å². The molecule has 0 aliphatic rings. The summed E-state index contributed by atoms with van der Waals surface area (Å²) in [4.78, 5) is 29.8. The molecule has 0 fully saturated rings. The highest BCUT2D eigenvalue weighted by atomic mass is 32.2. The molecule has 1 aromatic carbocycles. The van der Waals surface area contributed by atoms with Crippen LogP contribution in [0.25, 0.3) is 5.69 Å². The number of aryl methyl sites for hydroxylation is 1. The Kier molecular flexibility index (Phi) is 7.52. The molecule has 0 aliphatic carbocycles. The number of methoxy groups -OCH3 is 1. The Hall–Kier alpha value is -2.91. The second kappa shape index (κ2) is 10.1. The topological polar surface area (TPSA) is 75.3 Å². The third-order valence-electron chi connectivity index (χ3n) is 5.17. The largest absolute Gasteiger partial charge is 0.453 e. The minimum Gasteiger partial charge on any atom is -0.453 e. The van der Waals surface area contributed by atoms with Gasteiger partial charge in [-0.15, -0.1) is 0 Å². The number of thioether (sulfide) groups is 1. The first kappa shape index (κ1) is 23.7. The second-order valence-corrected chi connectivity index (χ2v) is 8.17. The standard InChI is InChI=1S/C23H26FN3O4S/c1-14-10-19(16(3)26(14)15(2)12-30-4)21(28)13-31-22(29)20-11-25-23(32-5)27(20)18-8-6-17(24)7-9-18/h6-11,15H,12-13H2,1-5H3. The smallest absolute Gasteiger partial charge is 0.357 e. The molecule has 3 aromatic rings. The summed E-state index contributed by atoms with van der Waals surface area (Å²) in [5.41, 5.74) is 2.97. The fourth-order valence-corrected chi connectivity index (χ4v) is 4.34. The Labute approximate surface area is 190 Å². The van der Waals surface area contributed by atoms with Gasteiger partial charge in [0.15, 0.2) is 17.5 Å². The van der Waals surface area contributed by atoms with E-state index in [1.165, 1.54) is 30.1 Å². The number of esters is 1. The van der Waals surface area contributed by atoms with Gasteiger partial charge in [0, 0.05) is 29.7 Å². The van der Waals surface area contributed by atoms with Crippen molar-refractivity contribution in [3.8, 4) is 5.69 Å². The van der Waals surface area contributed by atoms with Gasteiger partial charge in [0.1, 0.15) is 5.82 Å². The number of hydrogen-bond acceptors (Lipinski definition) is 6. The number of carbonyl (C=O) groups excluding carboxylic acids is 2. The van der Waals surface area contributed by atoms with Crippen molar-refractivity contribution in [1.29, 1.82) is 0 Å². The summed E-state index contributed by atoms with van der Waals surface area (Å²) in [7, 11) is 1.63. The van der Waals surface area contributed by atoms with E-state index >= 15 is 0 Å². The van der Waals surface area contributed by atoms with Crippen LogP contribution in [0.5, 0.6) is 0 Å². The van der Waals surface area contributed by atoms with E-state index in [1.54, 1.807) is 29.9 Å². The summed E-state index contributed by atoms with van der Waals surface area (Å²) in [6, 6.07) is 7.58. The van der Waals surface area contributed by atoms with E-state index in [2.05, 4.69) is 4.98 Å². The van der Waals surface area contributed by atoms with Crippen molar-refractivity contribution in [2.75, 3.05) is 26.6 Å². The summed E-state index contributed by atoms with van der Waals surface area (Å²) >= 11 is 1.34. The number of benzene rings is 1. The van der Waals surface area contributed by atoms with Gasteiger partial charge in [-0.3, -0.25) is 9.36 Å². The Bertz CT molecular complexity index is 1120. The van der Waals surface area contributed by atoms with Crippen molar-refractivity contribution in [3.63, 3.8) is 0 Å². The first-order valence-electron chi connectivity index (χ1n) is 10.0. The molecular weight excluding hydrogens is 433 g/mol. The van der Waals surface area contributed by atoms with E-state index in [0.29, 0.717) is 23.0 Å². The highest BCUT2D eigenvalue weighted by Gasteiger charge is 2.23. The summed E-state index contributed by atoms with van der Waals surface area (Å²) in [6.45, 7) is 5.92. The van der Waals surface area contributed by atoms with Crippen molar-refractivity contribution in [2.45, 2.75) is 32.0 Å². The fourth-order valence-electron chi connectivity index (χ4n) is 3.80. The van der Waals surface area contributed by atoms with Crippen LogP contribution >= 0.6 is 11.8 Å². The molecular formula is C23H26FN3O4S. The van der Waals surface area contributed by atoms with Crippen LogP contribution in [0.3, 0.4) is 0 Å². The zero-order chi connectivity index (χ0) is 23.4. The van der Waals surface area contributed by atoms with Crippen molar-refractivity contribution in [1.82, 2.24) is 14.1 Å². The number of carbonyl (C=O) groups is 2. The number of ketones is 1. The molecule has 0 radical (unpaired) electrons. The number of halogens is 1. The van der Waals surface area contributed by atoms with Gasteiger partial charge in [0.25, 0.3) is 0 Å². The molecule has 9 heteroatoms. The molecule has 0 saturated heterocycles. The molecule has 0 spiro atoms. The number of ether oxygens (including phenoxy) is 2. The van der Waals surface area contributed by atoms with Crippen molar-refractivity contribution in [3.05, 3.63) is 65.0 Å². The summed E-state index contributed by atoms with van der Waals surface area (Å²) < 4.78 is 27.5. The van der Waals surface area contributed by atoms with Gasteiger partial charge in [0.05, 0.1) is 18.8 Å². The third kappa shape index (κ3) is 4.78. The molecule has 0 amide bonds. The van der Waals surface area contributed by atoms with Crippen LogP contribution in [0, 0.1) is 19.7 Å². The molecule has 0 bridgehead atoms. The number of imidazole rings is 1. The maximum atomic E-state index is 13.3. The van der Waals surface area contributed by atoms with E-state index in [1.807, 2.05) is 31.6 Å². The zero-order valence-electron chi connectivity index (χ0n) is 18.7. The Morgan fingerprint density at radius 1 is 1.22 bits per heavy atom. The molecule has 3 rings (SSSR count). The van der Waals surface area contributed by atoms with Gasteiger partial charge < -0.3 is 14.0 Å². The van der Waals surface area contributed by atoms with E-state index in [0.717, 1.165) is 11.4 Å². The molecule has 1 atom stereocenters. The third-order valence-corrected chi connectivity index (χ3v) is 5.83. The number of Topliss-reactive ketones (excluding diaryl/α,β-unsaturated/α-hetero) is 1. The molecule has 170 valence electrons. The van der Waals surface area contributed by atoms with Crippen molar-refractivity contribution >= 4 is 23.5 Å². The molecule has 1 unspecified atom stereocenters. The van der Waals surface area contributed by atoms with Gasteiger partial charge in [-0.25, -0.2) is 14.2 Å². The Balaban J connectivity index is 1.78. The van der Waals surface area contributed by atoms with Crippen LogP contribution in [0.1, 0.15) is 45.2 Å². The maximum Gasteiger partial charge on any atom is 0.357 e. The number of nitrogens with zero attached hydrogens (tertiary/aromatic N) is 3. The first-order valence-corrected chi connectivity index (χ1v) is 11.3. The molecule has 0 N–H and O–H groups in total.